The minimum Gasteiger partial charge on any atom is -0.493 e. The summed E-state index contributed by atoms with van der Waals surface area (Å²) in [5.41, 5.74) is -0.640. The molecule has 7 nitrogen and oxygen atoms in total. The van der Waals surface area contributed by atoms with Crippen molar-refractivity contribution >= 4 is 16.0 Å². The van der Waals surface area contributed by atoms with Crippen LogP contribution in [0.15, 0.2) is 10.9 Å². The van der Waals surface area contributed by atoms with E-state index in [0.717, 1.165) is 12.3 Å². The van der Waals surface area contributed by atoms with E-state index in [-0.39, 0.29) is 5.95 Å². The molecule has 0 amide bonds. The molecule has 0 unspecified atom stereocenters. The van der Waals surface area contributed by atoms with Gasteiger partial charge in [-0.1, -0.05) is 0 Å². The number of aromatic nitrogens is 2. The average molecular weight is 205 g/mol. The number of nitrogens with one attached hydrogen (secondary N) is 2. The first-order valence-electron chi connectivity index (χ1n) is 3.15. The van der Waals surface area contributed by atoms with Gasteiger partial charge >= 0.3 is 0 Å². The highest BCUT2D eigenvalue weighted by Gasteiger charge is 2.04. The van der Waals surface area contributed by atoms with E-state index in [1.807, 2.05) is 4.72 Å². The standard InChI is InChI=1S/C5H7N3O4S/c1-13(11,12)8-5-6-3(9)2-4(10)7-5/h2H,1H3,(H3,6,7,8,9,10). The first-order valence-corrected chi connectivity index (χ1v) is 5.04. The molecule has 0 aliphatic rings. The van der Waals surface area contributed by atoms with Crippen molar-refractivity contribution in [1.82, 2.24) is 9.97 Å². The van der Waals surface area contributed by atoms with Crippen molar-refractivity contribution in [3.8, 4) is 5.88 Å². The predicted octanol–water partition coefficient (Wildman–Crippen LogP) is -1.15. The van der Waals surface area contributed by atoms with Gasteiger partial charge in [0.25, 0.3) is 5.56 Å². The zero-order chi connectivity index (χ0) is 10.1. The molecule has 1 heterocycles. The van der Waals surface area contributed by atoms with Crippen LogP contribution in [0.3, 0.4) is 0 Å². The van der Waals surface area contributed by atoms with Gasteiger partial charge in [-0.2, -0.15) is 4.98 Å². The van der Waals surface area contributed by atoms with Crippen molar-refractivity contribution in [2.45, 2.75) is 0 Å². The van der Waals surface area contributed by atoms with Gasteiger partial charge in [0.1, 0.15) is 0 Å². The van der Waals surface area contributed by atoms with Crippen molar-refractivity contribution < 1.29 is 13.5 Å². The van der Waals surface area contributed by atoms with Crippen molar-refractivity contribution in [2.24, 2.45) is 0 Å². The highest BCUT2D eigenvalue weighted by Crippen LogP contribution is 2.02. The number of anilines is 1. The first kappa shape index (κ1) is 9.52. The Morgan fingerprint density at radius 1 is 1.62 bits per heavy atom. The summed E-state index contributed by atoms with van der Waals surface area (Å²) in [5.74, 6) is -0.859. The van der Waals surface area contributed by atoms with Crippen molar-refractivity contribution in [2.75, 3.05) is 11.0 Å². The second-order valence-corrected chi connectivity index (χ2v) is 4.07. The maximum absolute atomic E-state index is 10.7. The van der Waals surface area contributed by atoms with Gasteiger partial charge in [-0.25, -0.2) is 8.42 Å². The SMILES string of the molecule is CS(=O)(=O)Nc1nc(O)cc(=O)[nH]1. The van der Waals surface area contributed by atoms with Crippen LogP contribution in [0.4, 0.5) is 5.95 Å². The molecule has 0 aliphatic carbocycles. The van der Waals surface area contributed by atoms with Crippen LogP contribution in [-0.4, -0.2) is 29.7 Å². The molecule has 1 aromatic heterocycles. The Morgan fingerprint density at radius 2 is 2.23 bits per heavy atom. The second kappa shape index (κ2) is 3.05. The third-order valence-corrected chi connectivity index (χ3v) is 1.57. The highest BCUT2D eigenvalue weighted by atomic mass is 32.2. The minimum absolute atomic E-state index is 0.312. The fraction of sp³-hybridized carbons (Fsp3) is 0.200. The lowest BCUT2D eigenvalue weighted by Gasteiger charge is -2.01. The lowest BCUT2D eigenvalue weighted by molar-refractivity contribution is 0.452. The summed E-state index contributed by atoms with van der Waals surface area (Å²) in [5, 5.41) is 8.82. The molecular formula is C5H7N3O4S. The number of sulfonamides is 1. The Kier molecular flexibility index (Phi) is 2.24. The molecule has 0 atom stereocenters. The molecule has 0 saturated heterocycles. The Balaban J connectivity index is 3.10. The summed E-state index contributed by atoms with van der Waals surface area (Å²) >= 11 is 0. The number of aromatic hydroxyl groups is 1. The Hall–Kier alpha value is -1.57. The maximum Gasteiger partial charge on any atom is 0.256 e. The Morgan fingerprint density at radius 3 is 2.69 bits per heavy atom. The van der Waals surface area contributed by atoms with Gasteiger partial charge in [0, 0.05) is 0 Å². The number of H-pyrrole nitrogens is 1. The molecule has 8 heteroatoms. The van der Waals surface area contributed by atoms with Crippen LogP contribution >= 0.6 is 0 Å². The summed E-state index contributed by atoms with van der Waals surface area (Å²) in [6.45, 7) is 0. The van der Waals surface area contributed by atoms with E-state index in [1.165, 1.54) is 0 Å². The van der Waals surface area contributed by atoms with Gasteiger partial charge in [0.15, 0.2) is 0 Å². The number of rotatable bonds is 2. The molecule has 0 aromatic carbocycles. The summed E-state index contributed by atoms with van der Waals surface area (Å²) in [4.78, 5) is 16.1. The molecule has 3 N–H and O–H groups in total. The van der Waals surface area contributed by atoms with Gasteiger partial charge in [-0.3, -0.25) is 14.5 Å². The minimum atomic E-state index is -3.50. The molecule has 0 saturated carbocycles. The molecule has 72 valence electrons. The van der Waals surface area contributed by atoms with Gasteiger partial charge in [0.2, 0.25) is 21.9 Å². The molecule has 0 fully saturated rings. The molecule has 0 aliphatic heterocycles. The van der Waals surface area contributed by atoms with Crippen LogP contribution in [-0.2, 0) is 10.0 Å². The largest absolute Gasteiger partial charge is 0.493 e. The van der Waals surface area contributed by atoms with Crippen LogP contribution in [0, 0.1) is 0 Å². The fourth-order valence-electron chi connectivity index (χ4n) is 0.669. The van der Waals surface area contributed by atoms with Crippen LogP contribution in [0.25, 0.3) is 0 Å². The zero-order valence-corrected chi connectivity index (χ0v) is 7.42. The third kappa shape index (κ3) is 3.11. The smallest absolute Gasteiger partial charge is 0.256 e. The zero-order valence-electron chi connectivity index (χ0n) is 6.60. The lowest BCUT2D eigenvalue weighted by atomic mass is 10.6. The summed E-state index contributed by atoms with van der Waals surface area (Å²) < 4.78 is 23.2. The molecule has 1 aromatic rings. The number of hydrogen-bond acceptors (Lipinski definition) is 5. The number of aromatic amines is 1. The van der Waals surface area contributed by atoms with Crippen LogP contribution in [0.5, 0.6) is 5.88 Å². The topological polar surface area (TPSA) is 112 Å². The van der Waals surface area contributed by atoms with Crippen LogP contribution in [0.1, 0.15) is 0 Å². The monoisotopic (exact) mass is 205 g/mol. The van der Waals surface area contributed by atoms with E-state index in [9.17, 15) is 13.2 Å². The molecule has 0 radical (unpaired) electrons. The second-order valence-electron chi connectivity index (χ2n) is 2.33. The van der Waals surface area contributed by atoms with E-state index in [0.29, 0.717) is 0 Å². The van der Waals surface area contributed by atoms with E-state index >= 15 is 0 Å². The Labute approximate surface area is 73.5 Å². The van der Waals surface area contributed by atoms with E-state index < -0.39 is 21.5 Å². The molecule has 13 heavy (non-hydrogen) atoms. The predicted molar refractivity (Wildman–Crippen MR) is 45.0 cm³/mol. The highest BCUT2D eigenvalue weighted by molar-refractivity contribution is 7.91. The summed E-state index contributed by atoms with van der Waals surface area (Å²) in [7, 11) is -3.50. The average Bonchev–Trinajstić information content (AvgIpc) is 1.78. The summed E-state index contributed by atoms with van der Waals surface area (Å²) in [6, 6.07) is 0.827. The van der Waals surface area contributed by atoms with Crippen LogP contribution < -0.4 is 10.3 Å². The van der Waals surface area contributed by atoms with Gasteiger partial charge < -0.3 is 5.11 Å². The van der Waals surface area contributed by atoms with E-state index in [4.69, 9.17) is 5.11 Å². The van der Waals surface area contributed by atoms with E-state index in [2.05, 4.69) is 9.97 Å². The van der Waals surface area contributed by atoms with Gasteiger partial charge in [-0.15, -0.1) is 0 Å². The van der Waals surface area contributed by atoms with Gasteiger partial charge in [0.05, 0.1) is 12.3 Å². The fourth-order valence-corrected chi connectivity index (χ4v) is 1.12. The first-order chi connectivity index (χ1) is 5.87. The normalized spacial score (nSPS) is 11.2. The summed E-state index contributed by atoms with van der Waals surface area (Å²) in [6.07, 6.45) is 0.900. The Bertz CT molecular complexity index is 463. The molecular weight excluding hydrogens is 198 g/mol. The van der Waals surface area contributed by atoms with E-state index in [1.54, 1.807) is 0 Å². The van der Waals surface area contributed by atoms with Gasteiger partial charge in [-0.05, 0) is 0 Å². The number of hydrogen-bond donors (Lipinski definition) is 3. The third-order valence-electron chi connectivity index (χ3n) is 1.01. The van der Waals surface area contributed by atoms with Crippen molar-refractivity contribution in [3.63, 3.8) is 0 Å². The quantitative estimate of drug-likeness (QED) is 0.564. The van der Waals surface area contributed by atoms with Crippen LogP contribution in [0.2, 0.25) is 0 Å². The van der Waals surface area contributed by atoms with Crippen molar-refractivity contribution in [1.29, 1.82) is 0 Å². The lowest BCUT2D eigenvalue weighted by Crippen LogP contribution is -2.16. The molecule has 0 bridgehead atoms. The molecule has 0 spiro atoms. The molecule has 1 rings (SSSR count). The number of nitrogens with zero attached hydrogens (tertiary/aromatic N) is 1. The van der Waals surface area contributed by atoms with Crippen molar-refractivity contribution in [3.05, 3.63) is 16.4 Å². The maximum atomic E-state index is 10.7.